The summed E-state index contributed by atoms with van der Waals surface area (Å²) in [5.41, 5.74) is 9.65. The van der Waals surface area contributed by atoms with E-state index in [1.807, 2.05) is 61.5 Å². The summed E-state index contributed by atoms with van der Waals surface area (Å²) in [6, 6.07) is 17.5. The van der Waals surface area contributed by atoms with Crippen LogP contribution >= 0.6 is 12.2 Å². The lowest BCUT2D eigenvalue weighted by atomic mass is 10.0. The molecule has 1 atom stereocenters. The standard InChI is InChI=1S/C23H24N4O2S/c1-15-8-10-16(11-9-15)21-13-19(18-6-2-3-7-20(18)25-21)22(28)26-27-23(30)24-14-17-5-4-12-29-17/h2-3,6-11,13,17H,4-5,12,14H2,1H3,(H,26,28)(H2,24,27,30)/t17-/m1/s1. The maximum Gasteiger partial charge on any atom is 0.270 e. The zero-order valence-corrected chi connectivity index (χ0v) is 17.6. The fraction of sp³-hybridized carbons (Fsp3) is 0.261. The van der Waals surface area contributed by atoms with E-state index in [4.69, 9.17) is 21.9 Å². The van der Waals surface area contributed by atoms with Crippen LogP contribution < -0.4 is 16.2 Å². The Kier molecular flexibility index (Phi) is 6.21. The minimum Gasteiger partial charge on any atom is -0.376 e. The van der Waals surface area contributed by atoms with Crippen molar-refractivity contribution in [1.82, 2.24) is 21.2 Å². The number of ether oxygens (including phenoxy) is 1. The first-order valence-electron chi connectivity index (χ1n) is 10.0. The van der Waals surface area contributed by atoms with Crippen LogP contribution in [-0.4, -0.2) is 35.3 Å². The van der Waals surface area contributed by atoms with Crippen LogP contribution in [0.1, 0.15) is 28.8 Å². The molecule has 0 saturated carbocycles. The van der Waals surface area contributed by atoms with Gasteiger partial charge in [-0.05, 0) is 44.1 Å². The zero-order valence-electron chi connectivity index (χ0n) is 16.8. The van der Waals surface area contributed by atoms with Gasteiger partial charge < -0.3 is 10.1 Å². The van der Waals surface area contributed by atoms with Crippen LogP contribution in [0.25, 0.3) is 22.2 Å². The van der Waals surface area contributed by atoms with Gasteiger partial charge in [0.25, 0.3) is 5.91 Å². The summed E-state index contributed by atoms with van der Waals surface area (Å²) in [5, 5.41) is 4.22. The van der Waals surface area contributed by atoms with E-state index in [0.717, 1.165) is 41.6 Å². The van der Waals surface area contributed by atoms with E-state index in [1.54, 1.807) is 0 Å². The molecule has 3 N–H and O–H groups in total. The predicted molar refractivity (Wildman–Crippen MR) is 122 cm³/mol. The number of pyridine rings is 1. The molecular formula is C23H24N4O2S. The molecular weight excluding hydrogens is 396 g/mol. The summed E-state index contributed by atoms with van der Waals surface area (Å²) in [5.74, 6) is -0.275. The Balaban J connectivity index is 1.50. The number of nitrogens with one attached hydrogen (secondary N) is 3. The molecule has 1 aliphatic rings. The second kappa shape index (κ2) is 9.19. The van der Waals surface area contributed by atoms with Crippen LogP contribution in [0.15, 0.2) is 54.6 Å². The van der Waals surface area contributed by atoms with Crippen molar-refractivity contribution in [2.24, 2.45) is 0 Å². The minimum atomic E-state index is -0.275. The van der Waals surface area contributed by atoms with Gasteiger partial charge in [-0.15, -0.1) is 0 Å². The number of amides is 1. The number of benzene rings is 2. The van der Waals surface area contributed by atoms with Crippen LogP contribution in [0, 0.1) is 6.92 Å². The second-order valence-electron chi connectivity index (χ2n) is 7.36. The highest BCUT2D eigenvalue weighted by atomic mass is 32.1. The van der Waals surface area contributed by atoms with Gasteiger partial charge in [-0.1, -0.05) is 48.0 Å². The molecule has 4 rings (SSSR count). The molecule has 0 bridgehead atoms. The van der Waals surface area contributed by atoms with Gasteiger partial charge in [0.2, 0.25) is 0 Å². The number of fused-ring (bicyclic) bond motifs is 1. The van der Waals surface area contributed by atoms with Crippen molar-refractivity contribution in [1.29, 1.82) is 0 Å². The van der Waals surface area contributed by atoms with Gasteiger partial charge in [0, 0.05) is 24.1 Å². The van der Waals surface area contributed by atoms with E-state index in [-0.39, 0.29) is 12.0 Å². The maximum absolute atomic E-state index is 12.9. The summed E-state index contributed by atoms with van der Waals surface area (Å²) in [6.07, 6.45) is 2.26. The predicted octanol–water partition coefficient (Wildman–Crippen LogP) is 3.50. The van der Waals surface area contributed by atoms with Crippen LogP contribution in [0.5, 0.6) is 0 Å². The van der Waals surface area contributed by atoms with E-state index < -0.39 is 0 Å². The van der Waals surface area contributed by atoms with E-state index in [2.05, 4.69) is 16.2 Å². The Morgan fingerprint density at radius 1 is 1.17 bits per heavy atom. The van der Waals surface area contributed by atoms with Crippen LogP contribution in [-0.2, 0) is 4.74 Å². The van der Waals surface area contributed by atoms with Crippen LogP contribution in [0.3, 0.4) is 0 Å². The molecule has 2 heterocycles. The molecule has 6 nitrogen and oxygen atoms in total. The first kappa shape index (κ1) is 20.3. The molecule has 1 saturated heterocycles. The van der Waals surface area contributed by atoms with Gasteiger partial charge in [0.15, 0.2) is 5.11 Å². The average Bonchev–Trinajstić information content (AvgIpc) is 3.29. The van der Waals surface area contributed by atoms with E-state index in [0.29, 0.717) is 17.2 Å². The molecule has 3 aromatic rings. The van der Waals surface area contributed by atoms with Gasteiger partial charge in [-0.25, -0.2) is 4.98 Å². The van der Waals surface area contributed by atoms with Gasteiger partial charge in [-0.3, -0.25) is 15.6 Å². The average molecular weight is 421 g/mol. The molecule has 154 valence electrons. The topological polar surface area (TPSA) is 75.3 Å². The molecule has 2 aromatic carbocycles. The van der Waals surface area contributed by atoms with Crippen molar-refractivity contribution >= 4 is 34.1 Å². The van der Waals surface area contributed by atoms with E-state index in [1.165, 1.54) is 5.56 Å². The lowest BCUT2D eigenvalue weighted by Crippen LogP contribution is -2.48. The van der Waals surface area contributed by atoms with Crippen molar-refractivity contribution < 1.29 is 9.53 Å². The Morgan fingerprint density at radius 2 is 1.97 bits per heavy atom. The molecule has 0 spiro atoms. The molecule has 1 aromatic heterocycles. The smallest absolute Gasteiger partial charge is 0.270 e. The lowest BCUT2D eigenvalue weighted by Gasteiger charge is -2.15. The number of carbonyl (C=O) groups excluding carboxylic acids is 1. The number of carbonyl (C=O) groups is 1. The van der Waals surface area contributed by atoms with E-state index in [9.17, 15) is 4.79 Å². The number of hydrogen-bond acceptors (Lipinski definition) is 4. The van der Waals surface area contributed by atoms with Gasteiger partial charge in [0.05, 0.1) is 22.9 Å². The Hall–Kier alpha value is -3.03. The summed E-state index contributed by atoms with van der Waals surface area (Å²) in [7, 11) is 0. The highest BCUT2D eigenvalue weighted by molar-refractivity contribution is 7.80. The fourth-order valence-electron chi connectivity index (χ4n) is 3.47. The SMILES string of the molecule is Cc1ccc(-c2cc(C(=O)NNC(=S)NC[C@H]3CCCO3)c3ccccc3n2)cc1. The molecule has 7 heteroatoms. The number of nitrogens with zero attached hydrogens (tertiary/aromatic N) is 1. The number of thiocarbonyl (C=S) groups is 1. The van der Waals surface area contributed by atoms with Crippen LogP contribution in [0.4, 0.5) is 0 Å². The number of hydrazine groups is 1. The summed E-state index contributed by atoms with van der Waals surface area (Å²) < 4.78 is 5.56. The number of rotatable bonds is 4. The number of aryl methyl sites for hydroxylation is 1. The first-order chi connectivity index (χ1) is 14.6. The number of hydrogen-bond donors (Lipinski definition) is 3. The minimum absolute atomic E-state index is 0.168. The third-order valence-corrected chi connectivity index (χ3v) is 5.36. The van der Waals surface area contributed by atoms with Crippen molar-refractivity contribution in [3.63, 3.8) is 0 Å². The lowest BCUT2D eigenvalue weighted by molar-refractivity contribution is 0.0944. The molecule has 0 unspecified atom stereocenters. The Labute approximate surface area is 181 Å². The summed E-state index contributed by atoms with van der Waals surface area (Å²) >= 11 is 5.26. The summed E-state index contributed by atoms with van der Waals surface area (Å²) in [6.45, 7) is 3.46. The van der Waals surface area contributed by atoms with Crippen molar-refractivity contribution in [3.8, 4) is 11.3 Å². The highest BCUT2D eigenvalue weighted by Crippen LogP contribution is 2.25. The van der Waals surface area contributed by atoms with Crippen molar-refractivity contribution in [2.45, 2.75) is 25.9 Å². The first-order valence-corrected chi connectivity index (χ1v) is 10.4. The third-order valence-electron chi connectivity index (χ3n) is 5.11. The number of aromatic nitrogens is 1. The fourth-order valence-corrected chi connectivity index (χ4v) is 3.61. The molecule has 30 heavy (non-hydrogen) atoms. The normalized spacial score (nSPS) is 15.7. The molecule has 0 aliphatic carbocycles. The van der Waals surface area contributed by atoms with Crippen molar-refractivity contribution in [3.05, 3.63) is 65.7 Å². The summed E-state index contributed by atoms with van der Waals surface area (Å²) in [4.78, 5) is 17.7. The Bertz CT molecular complexity index is 1060. The zero-order chi connectivity index (χ0) is 20.9. The largest absolute Gasteiger partial charge is 0.376 e. The molecule has 1 aliphatic heterocycles. The highest BCUT2D eigenvalue weighted by Gasteiger charge is 2.16. The monoisotopic (exact) mass is 420 g/mol. The molecule has 1 fully saturated rings. The maximum atomic E-state index is 12.9. The van der Waals surface area contributed by atoms with Gasteiger partial charge >= 0.3 is 0 Å². The second-order valence-corrected chi connectivity index (χ2v) is 7.77. The molecule has 0 radical (unpaired) electrons. The Morgan fingerprint density at radius 3 is 2.73 bits per heavy atom. The molecule has 1 amide bonds. The van der Waals surface area contributed by atoms with Gasteiger partial charge in [-0.2, -0.15) is 0 Å². The van der Waals surface area contributed by atoms with Gasteiger partial charge in [0.1, 0.15) is 0 Å². The third kappa shape index (κ3) is 4.75. The quantitative estimate of drug-likeness (QED) is 0.443. The van der Waals surface area contributed by atoms with E-state index >= 15 is 0 Å². The number of para-hydroxylation sites is 1. The van der Waals surface area contributed by atoms with Crippen LogP contribution in [0.2, 0.25) is 0 Å². The van der Waals surface area contributed by atoms with Crippen molar-refractivity contribution in [2.75, 3.05) is 13.2 Å².